The van der Waals surface area contributed by atoms with Gasteiger partial charge in [0, 0.05) is 0 Å². The van der Waals surface area contributed by atoms with Crippen molar-refractivity contribution in [2.24, 2.45) is 23.2 Å². The first kappa shape index (κ1) is 18.9. The van der Waals surface area contributed by atoms with Crippen LogP contribution in [-0.2, 0) is 19.6 Å². The summed E-state index contributed by atoms with van der Waals surface area (Å²) in [5, 5.41) is -5.74. The Morgan fingerprint density at radius 3 is 1.88 bits per heavy atom. The molecule has 4 rings (SSSR count). The summed E-state index contributed by atoms with van der Waals surface area (Å²) in [6.45, 7) is -1.06. The number of halogens is 4. The lowest BCUT2D eigenvalue weighted by molar-refractivity contribution is -0.185. The van der Waals surface area contributed by atoms with Crippen LogP contribution in [0.5, 0.6) is 0 Å². The van der Waals surface area contributed by atoms with Crippen LogP contribution in [0, 0.1) is 23.2 Å². The minimum Gasteiger partial charge on any atom is -0.743 e. The van der Waals surface area contributed by atoms with E-state index in [1.807, 2.05) is 0 Å². The normalized spacial score (nSPS) is 35.0. The molecular weight excluding hydrogens is 368 g/mol. The van der Waals surface area contributed by atoms with Gasteiger partial charge in [0.15, 0.2) is 10.1 Å². The number of esters is 1. The first-order chi connectivity index (χ1) is 11.4. The molecule has 0 unspecified atom stereocenters. The summed E-state index contributed by atoms with van der Waals surface area (Å²) in [6.07, 6.45) is 3.31. The van der Waals surface area contributed by atoms with Crippen LogP contribution >= 0.6 is 0 Å². The molecule has 4 bridgehead atoms. The molecule has 0 spiro atoms. The number of hydrogen-bond acceptors (Lipinski definition) is 5. The van der Waals surface area contributed by atoms with E-state index in [-0.39, 0.29) is 0 Å². The van der Waals surface area contributed by atoms with Crippen molar-refractivity contribution < 1.29 is 40.1 Å². The van der Waals surface area contributed by atoms with E-state index in [9.17, 15) is 35.3 Å². The van der Waals surface area contributed by atoms with Crippen molar-refractivity contribution in [1.82, 2.24) is 0 Å². The highest BCUT2D eigenvalue weighted by Gasteiger charge is 2.61. The van der Waals surface area contributed by atoms with Crippen LogP contribution in [-0.4, -0.2) is 36.7 Å². The average molecular weight is 387 g/mol. The van der Waals surface area contributed by atoms with Crippen molar-refractivity contribution in [3.8, 4) is 0 Å². The van der Waals surface area contributed by atoms with Crippen molar-refractivity contribution in [2.45, 2.75) is 56.1 Å². The van der Waals surface area contributed by atoms with Gasteiger partial charge in [-0.1, -0.05) is 0 Å². The average Bonchev–Trinajstić information content (AvgIpc) is 2.44. The van der Waals surface area contributed by atoms with Gasteiger partial charge in [-0.2, -0.15) is 17.6 Å². The largest absolute Gasteiger partial charge is 0.743 e. The lowest BCUT2D eigenvalue weighted by atomic mass is 9.49. The van der Waals surface area contributed by atoms with Crippen LogP contribution in [0.1, 0.15) is 44.9 Å². The Labute approximate surface area is 142 Å². The fourth-order valence-corrected chi connectivity index (χ4v) is 5.58. The van der Waals surface area contributed by atoms with Crippen LogP contribution in [0.3, 0.4) is 0 Å². The van der Waals surface area contributed by atoms with Crippen molar-refractivity contribution in [1.29, 1.82) is 0 Å². The molecule has 5 nitrogen and oxygen atoms in total. The fourth-order valence-electron chi connectivity index (χ4n) is 5.11. The predicted molar refractivity (Wildman–Crippen MR) is 75.8 cm³/mol. The van der Waals surface area contributed by atoms with Gasteiger partial charge in [0.25, 0.3) is 0 Å². The molecule has 0 atom stereocenters. The zero-order chi connectivity index (χ0) is 18.7. The Morgan fingerprint density at radius 2 is 1.48 bits per heavy atom. The third-order valence-electron chi connectivity index (χ3n) is 5.86. The highest BCUT2D eigenvalue weighted by Crippen LogP contribution is 2.60. The van der Waals surface area contributed by atoms with Crippen LogP contribution in [0.15, 0.2) is 0 Å². The van der Waals surface area contributed by atoms with Crippen LogP contribution < -0.4 is 0 Å². The highest BCUT2D eigenvalue weighted by atomic mass is 32.2. The first-order valence-corrected chi connectivity index (χ1v) is 9.65. The third-order valence-corrected chi connectivity index (χ3v) is 6.79. The van der Waals surface area contributed by atoms with Gasteiger partial charge in [-0.15, -0.1) is 0 Å². The maximum Gasteiger partial charge on any atom is 0.396 e. The second-order valence-electron chi connectivity index (χ2n) is 7.76. The number of carbonyl (C=O) groups is 1. The lowest BCUT2D eigenvalue weighted by Gasteiger charge is -2.55. The Bertz CT molecular complexity index is 626. The fraction of sp³-hybridized carbons (Fsp3) is 0.933. The van der Waals surface area contributed by atoms with Crippen LogP contribution in [0.4, 0.5) is 17.6 Å². The Hall–Kier alpha value is -0.900. The third kappa shape index (κ3) is 3.15. The molecule has 0 saturated heterocycles. The molecule has 0 amide bonds. The standard InChI is InChI=1S/C15H20F4O5S/c16-14(17,15(18,19)25(21,22)23)1-2-24-12(20)13-6-9-3-10(7-13)5-11(4-9)8-13/h9-11H,1-8H2,(H,21,22,23)/p-1. The van der Waals surface area contributed by atoms with E-state index in [1.165, 1.54) is 0 Å². The van der Waals surface area contributed by atoms with Gasteiger partial charge in [-0.05, 0) is 56.3 Å². The summed E-state index contributed by atoms with van der Waals surface area (Å²) in [4.78, 5) is 12.4. The molecule has 10 heteroatoms. The van der Waals surface area contributed by atoms with Crippen LogP contribution in [0.25, 0.3) is 0 Å². The van der Waals surface area contributed by atoms with Crippen molar-refractivity contribution >= 4 is 16.1 Å². The summed E-state index contributed by atoms with van der Waals surface area (Å²) >= 11 is 0. The quantitative estimate of drug-likeness (QED) is 0.398. The maximum absolute atomic E-state index is 13.4. The summed E-state index contributed by atoms with van der Waals surface area (Å²) in [5.74, 6) is -4.54. The number of rotatable bonds is 6. The molecule has 0 aromatic carbocycles. The zero-order valence-corrected chi connectivity index (χ0v) is 14.2. The summed E-state index contributed by atoms with van der Waals surface area (Å²) in [6, 6.07) is 0. The van der Waals surface area contributed by atoms with Crippen molar-refractivity contribution in [3.63, 3.8) is 0 Å². The van der Waals surface area contributed by atoms with Gasteiger partial charge in [0.2, 0.25) is 0 Å². The van der Waals surface area contributed by atoms with Crippen molar-refractivity contribution in [2.75, 3.05) is 6.61 Å². The lowest BCUT2D eigenvalue weighted by Crippen LogP contribution is -2.51. The molecule has 0 radical (unpaired) electrons. The topological polar surface area (TPSA) is 83.5 Å². The predicted octanol–water partition coefficient (Wildman–Crippen LogP) is 2.91. The molecule has 0 aliphatic heterocycles. The van der Waals surface area contributed by atoms with E-state index in [1.54, 1.807) is 0 Å². The second kappa shape index (κ2) is 5.80. The van der Waals surface area contributed by atoms with Gasteiger partial charge in [-0.25, -0.2) is 8.42 Å². The van der Waals surface area contributed by atoms with Crippen LogP contribution in [0.2, 0.25) is 0 Å². The van der Waals surface area contributed by atoms with E-state index in [4.69, 9.17) is 4.74 Å². The number of alkyl halides is 4. The Morgan fingerprint density at radius 1 is 1.04 bits per heavy atom. The van der Waals surface area contributed by atoms with Gasteiger partial charge >= 0.3 is 17.1 Å². The monoisotopic (exact) mass is 387 g/mol. The van der Waals surface area contributed by atoms with E-state index >= 15 is 0 Å². The molecule has 4 aliphatic carbocycles. The van der Waals surface area contributed by atoms with Crippen molar-refractivity contribution in [3.05, 3.63) is 0 Å². The molecule has 4 saturated carbocycles. The Balaban J connectivity index is 1.60. The number of hydrogen-bond donors (Lipinski definition) is 0. The van der Waals surface area contributed by atoms with E-state index < -0.39 is 45.7 Å². The molecule has 0 N–H and O–H groups in total. The number of ether oxygens (including phenoxy) is 1. The zero-order valence-electron chi connectivity index (χ0n) is 13.4. The molecular formula is C15H19F4O5S-. The molecule has 0 aromatic heterocycles. The molecule has 0 heterocycles. The minimum absolute atomic E-state index is 0.412. The SMILES string of the molecule is O=C(OCCC(F)(F)C(F)(F)S(=O)(=O)[O-])C12CC3CC(CC(C3)C1)C2. The molecule has 25 heavy (non-hydrogen) atoms. The van der Waals surface area contributed by atoms with E-state index in [2.05, 4.69) is 0 Å². The summed E-state index contributed by atoms with van der Waals surface area (Å²) in [5.41, 5.74) is -0.725. The van der Waals surface area contributed by atoms with Gasteiger partial charge in [0.1, 0.15) is 0 Å². The van der Waals surface area contributed by atoms with E-state index in [0.29, 0.717) is 37.0 Å². The van der Waals surface area contributed by atoms with Gasteiger partial charge in [-0.3, -0.25) is 4.79 Å². The Kier molecular flexibility index (Phi) is 4.38. The van der Waals surface area contributed by atoms with Gasteiger partial charge in [0.05, 0.1) is 18.4 Å². The molecule has 144 valence electrons. The highest BCUT2D eigenvalue weighted by molar-refractivity contribution is 7.86. The summed E-state index contributed by atoms with van der Waals surface area (Å²) in [7, 11) is -6.52. The first-order valence-electron chi connectivity index (χ1n) is 8.25. The second-order valence-corrected chi connectivity index (χ2v) is 9.18. The molecule has 4 aliphatic rings. The maximum atomic E-state index is 13.4. The van der Waals surface area contributed by atoms with E-state index in [0.717, 1.165) is 19.3 Å². The minimum atomic E-state index is -6.52. The van der Waals surface area contributed by atoms with Gasteiger partial charge < -0.3 is 9.29 Å². The smallest absolute Gasteiger partial charge is 0.396 e. The molecule has 0 aromatic rings. The molecule has 4 fully saturated rings. The number of carbonyl (C=O) groups excluding carboxylic acids is 1. The summed E-state index contributed by atoms with van der Waals surface area (Å²) < 4.78 is 88.7.